The van der Waals surface area contributed by atoms with E-state index in [9.17, 15) is 0 Å². The predicted molar refractivity (Wildman–Crippen MR) is 99.8 cm³/mol. The van der Waals surface area contributed by atoms with E-state index in [2.05, 4.69) is 20.3 Å². The van der Waals surface area contributed by atoms with E-state index in [0.717, 1.165) is 32.1 Å². The first-order chi connectivity index (χ1) is 12.3. The number of rotatable bonds is 2. The number of benzene rings is 2. The number of fused-ring (bicyclic) bond motifs is 2. The molecule has 0 fully saturated rings. The number of nitrogens with zero attached hydrogens (tertiary/aromatic N) is 5. The van der Waals surface area contributed by atoms with E-state index in [-0.39, 0.29) is 0 Å². The Balaban J connectivity index is 1.66. The molecule has 2 aromatic carbocycles. The van der Waals surface area contributed by atoms with E-state index in [1.54, 1.807) is 4.52 Å². The summed E-state index contributed by atoms with van der Waals surface area (Å²) in [6, 6.07) is 19.6. The molecule has 0 saturated heterocycles. The van der Waals surface area contributed by atoms with Gasteiger partial charge in [0.25, 0.3) is 0 Å². The van der Waals surface area contributed by atoms with Gasteiger partial charge in [-0.05, 0) is 24.3 Å². The van der Waals surface area contributed by atoms with Crippen LogP contribution >= 0.6 is 22.9 Å². The number of pyridine rings is 1. The van der Waals surface area contributed by atoms with Crippen LogP contribution in [0.3, 0.4) is 0 Å². The van der Waals surface area contributed by atoms with Crippen molar-refractivity contribution in [3.63, 3.8) is 0 Å². The zero-order valence-electron chi connectivity index (χ0n) is 12.8. The van der Waals surface area contributed by atoms with Gasteiger partial charge in [-0.15, -0.1) is 10.2 Å². The van der Waals surface area contributed by atoms with Gasteiger partial charge in [-0.3, -0.25) is 0 Å². The second-order valence-corrected chi connectivity index (χ2v) is 6.92. The third-order valence-electron chi connectivity index (χ3n) is 3.89. The summed E-state index contributed by atoms with van der Waals surface area (Å²) >= 11 is 7.55. The van der Waals surface area contributed by atoms with E-state index >= 15 is 0 Å². The standard InChI is InChI=1S/C18H10ClN5S/c19-13-6-3-5-12(10-13)17-23-24-16(21-22-18(24)25-17)15-9-8-11-4-1-2-7-14(11)20-15/h1-10H. The largest absolute Gasteiger partial charge is 0.244 e. The molecule has 0 aliphatic carbocycles. The van der Waals surface area contributed by atoms with Crippen LogP contribution in [0.15, 0.2) is 60.7 Å². The van der Waals surface area contributed by atoms with Crippen LogP contribution in [0.5, 0.6) is 0 Å². The number of halogens is 1. The van der Waals surface area contributed by atoms with Gasteiger partial charge in [-0.1, -0.05) is 59.3 Å². The maximum absolute atomic E-state index is 6.08. The van der Waals surface area contributed by atoms with Gasteiger partial charge in [0, 0.05) is 16.0 Å². The third kappa shape index (κ3) is 2.47. The average Bonchev–Trinajstić information content (AvgIpc) is 3.22. The summed E-state index contributed by atoms with van der Waals surface area (Å²) in [6.07, 6.45) is 0. The predicted octanol–water partition coefficient (Wildman–Crippen LogP) is 4.72. The fourth-order valence-electron chi connectivity index (χ4n) is 2.71. The molecule has 25 heavy (non-hydrogen) atoms. The van der Waals surface area contributed by atoms with Crippen molar-refractivity contribution in [2.45, 2.75) is 0 Å². The molecule has 120 valence electrons. The minimum Gasteiger partial charge on any atom is -0.244 e. The van der Waals surface area contributed by atoms with Crippen LogP contribution in [0.4, 0.5) is 0 Å². The molecule has 0 N–H and O–H groups in total. The first-order valence-corrected chi connectivity index (χ1v) is 8.82. The number of hydrogen-bond acceptors (Lipinski definition) is 5. The summed E-state index contributed by atoms with van der Waals surface area (Å²) in [6.45, 7) is 0. The molecule has 0 aliphatic rings. The van der Waals surface area contributed by atoms with Crippen LogP contribution in [0.25, 0.3) is 38.0 Å². The molecule has 0 atom stereocenters. The Morgan fingerprint density at radius 2 is 1.84 bits per heavy atom. The van der Waals surface area contributed by atoms with Crippen molar-refractivity contribution in [3.05, 3.63) is 65.7 Å². The Labute approximate surface area is 151 Å². The lowest BCUT2D eigenvalue weighted by molar-refractivity contribution is 0.964. The van der Waals surface area contributed by atoms with Crippen molar-refractivity contribution >= 4 is 38.8 Å². The Bertz CT molecular complexity index is 1230. The van der Waals surface area contributed by atoms with Crippen molar-refractivity contribution in [1.82, 2.24) is 24.8 Å². The van der Waals surface area contributed by atoms with Crippen molar-refractivity contribution in [2.24, 2.45) is 0 Å². The van der Waals surface area contributed by atoms with E-state index in [0.29, 0.717) is 10.8 Å². The topological polar surface area (TPSA) is 56.0 Å². The Morgan fingerprint density at radius 3 is 2.76 bits per heavy atom. The lowest BCUT2D eigenvalue weighted by Crippen LogP contribution is -1.93. The smallest absolute Gasteiger partial charge is 0.235 e. The first-order valence-electron chi connectivity index (χ1n) is 7.62. The van der Waals surface area contributed by atoms with Crippen LogP contribution in [-0.4, -0.2) is 24.8 Å². The maximum atomic E-state index is 6.08. The van der Waals surface area contributed by atoms with E-state index in [1.165, 1.54) is 11.3 Å². The molecule has 0 amide bonds. The number of para-hydroxylation sites is 1. The molecular formula is C18H10ClN5S. The Morgan fingerprint density at radius 1 is 0.920 bits per heavy atom. The van der Waals surface area contributed by atoms with E-state index < -0.39 is 0 Å². The molecular weight excluding hydrogens is 354 g/mol. The Kier molecular flexibility index (Phi) is 3.26. The van der Waals surface area contributed by atoms with Gasteiger partial charge in [-0.2, -0.15) is 9.61 Å². The van der Waals surface area contributed by atoms with Crippen molar-refractivity contribution in [2.75, 3.05) is 0 Å². The molecule has 0 radical (unpaired) electrons. The van der Waals surface area contributed by atoms with Crippen LogP contribution in [0.1, 0.15) is 0 Å². The zero-order valence-corrected chi connectivity index (χ0v) is 14.4. The molecule has 5 aromatic rings. The summed E-state index contributed by atoms with van der Waals surface area (Å²) < 4.78 is 1.73. The molecule has 3 heterocycles. The van der Waals surface area contributed by atoms with Crippen LogP contribution in [0, 0.1) is 0 Å². The van der Waals surface area contributed by atoms with Gasteiger partial charge in [0.2, 0.25) is 10.8 Å². The molecule has 0 spiro atoms. The molecule has 3 aromatic heterocycles. The first kappa shape index (κ1) is 14.5. The third-order valence-corrected chi connectivity index (χ3v) is 5.07. The second kappa shape index (κ2) is 5.61. The van der Waals surface area contributed by atoms with Gasteiger partial charge in [-0.25, -0.2) is 4.98 Å². The lowest BCUT2D eigenvalue weighted by Gasteiger charge is -2.00. The quantitative estimate of drug-likeness (QED) is 0.455. The molecule has 0 aliphatic heterocycles. The van der Waals surface area contributed by atoms with Gasteiger partial charge < -0.3 is 0 Å². The fourth-order valence-corrected chi connectivity index (χ4v) is 3.73. The van der Waals surface area contributed by atoms with Gasteiger partial charge in [0.05, 0.1) is 5.52 Å². The van der Waals surface area contributed by atoms with E-state index in [4.69, 9.17) is 11.6 Å². The molecule has 0 unspecified atom stereocenters. The minimum atomic E-state index is 0.630. The van der Waals surface area contributed by atoms with Crippen molar-refractivity contribution in [3.8, 4) is 22.1 Å². The van der Waals surface area contributed by atoms with Crippen LogP contribution in [0.2, 0.25) is 5.02 Å². The van der Waals surface area contributed by atoms with Crippen molar-refractivity contribution < 1.29 is 0 Å². The molecule has 5 nitrogen and oxygen atoms in total. The average molecular weight is 364 g/mol. The summed E-state index contributed by atoms with van der Waals surface area (Å²) in [5, 5.41) is 15.8. The molecule has 7 heteroatoms. The summed E-state index contributed by atoms with van der Waals surface area (Å²) in [5.41, 5.74) is 2.62. The summed E-state index contributed by atoms with van der Waals surface area (Å²) in [5.74, 6) is 0.630. The minimum absolute atomic E-state index is 0.630. The van der Waals surface area contributed by atoms with Gasteiger partial charge >= 0.3 is 0 Å². The molecule has 0 saturated carbocycles. The molecule has 0 bridgehead atoms. The van der Waals surface area contributed by atoms with Crippen LogP contribution < -0.4 is 0 Å². The SMILES string of the molecule is Clc1cccc(-c2nn3c(-c4ccc5ccccc5n4)nnc3s2)c1. The summed E-state index contributed by atoms with van der Waals surface area (Å²) in [4.78, 5) is 5.41. The van der Waals surface area contributed by atoms with E-state index in [1.807, 2.05) is 60.7 Å². The molecule has 5 rings (SSSR count). The van der Waals surface area contributed by atoms with Gasteiger partial charge in [0.15, 0.2) is 0 Å². The van der Waals surface area contributed by atoms with Gasteiger partial charge in [0.1, 0.15) is 10.7 Å². The second-order valence-electron chi connectivity index (χ2n) is 5.52. The highest BCUT2D eigenvalue weighted by molar-refractivity contribution is 7.19. The monoisotopic (exact) mass is 363 g/mol. The Hall–Kier alpha value is -2.83. The maximum Gasteiger partial charge on any atom is 0.235 e. The number of hydrogen-bond donors (Lipinski definition) is 0. The number of aromatic nitrogens is 5. The van der Waals surface area contributed by atoms with Crippen LogP contribution in [-0.2, 0) is 0 Å². The fraction of sp³-hybridized carbons (Fsp3) is 0. The highest BCUT2D eigenvalue weighted by atomic mass is 35.5. The normalized spacial score (nSPS) is 11.4. The van der Waals surface area contributed by atoms with Crippen molar-refractivity contribution in [1.29, 1.82) is 0 Å². The highest BCUT2D eigenvalue weighted by Crippen LogP contribution is 2.29. The highest BCUT2D eigenvalue weighted by Gasteiger charge is 2.15. The lowest BCUT2D eigenvalue weighted by atomic mass is 10.2. The zero-order chi connectivity index (χ0) is 16.8. The summed E-state index contributed by atoms with van der Waals surface area (Å²) in [7, 11) is 0.